The Morgan fingerprint density at radius 2 is 2.28 bits per heavy atom. The van der Waals surface area contributed by atoms with Crippen molar-refractivity contribution in [2.75, 3.05) is 7.05 Å². The molecular weight excluding hydrogens is 320 g/mol. The smallest absolute Gasteiger partial charge is 0.272 e. The second-order valence-electron chi connectivity index (χ2n) is 6.08. The molecule has 1 amide bonds. The van der Waals surface area contributed by atoms with Crippen LogP contribution in [0.3, 0.4) is 0 Å². The number of nitrogens with zero attached hydrogens (tertiary/aromatic N) is 6. The maximum Gasteiger partial charge on any atom is 0.272 e. The largest absolute Gasteiger partial charge is 0.337 e. The molecule has 0 N–H and O–H groups in total. The lowest BCUT2D eigenvalue weighted by Gasteiger charge is -2.19. The summed E-state index contributed by atoms with van der Waals surface area (Å²) in [5, 5.41) is 3.95. The van der Waals surface area contributed by atoms with Crippen LogP contribution in [-0.4, -0.2) is 42.5 Å². The van der Waals surface area contributed by atoms with Gasteiger partial charge in [-0.3, -0.25) is 9.78 Å². The van der Waals surface area contributed by atoms with Crippen LogP contribution in [0.25, 0.3) is 11.4 Å². The van der Waals surface area contributed by atoms with Gasteiger partial charge in [0.15, 0.2) is 0 Å². The van der Waals surface area contributed by atoms with Crippen LogP contribution in [0, 0.1) is 0 Å². The zero-order valence-electron chi connectivity index (χ0n) is 13.9. The lowest BCUT2D eigenvalue weighted by molar-refractivity contribution is 0.0757. The van der Waals surface area contributed by atoms with E-state index in [1.165, 1.54) is 0 Å². The topological polar surface area (TPSA) is 89.9 Å². The zero-order valence-corrected chi connectivity index (χ0v) is 13.9. The zero-order chi connectivity index (χ0) is 17.2. The minimum absolute atomic E-state index is 0.0956. The van der Waals surface area contributed by atoms with Crippen LogP contribution in [0.5, 0.6) is 0 Å². The van der Waals surface area contributed by atoms with Crippen molar-refractivity contribution in [2.24, 2.45) is 0 Å². The third-order valence-electron chi connectivity index (χ3n) is 4.30. The van der Waals surface area contributed by atoms with E-state index < -0.39 is 0 Å². The highest BCUT2D eigenvalue weighted by Gasteiger charge is 2.23. The number of carbonyl (C=O) groups excluding carboxylic acids is 1. The predicted molar refractivity (Wildman–Crippen MR) is 88.5 cm³/mol. The molecule has 0 saturated carbocycles. The van der Waals surface area contributed by atoms with Crippen LogP contribution in [0.2, 0.25) is 0 Å². The van der Waals surface area contributed by atoms with Gasteiger partial charge in [-0.05, 0) is 25.0 Å². The number of amides is 1. The van der Waals surface area contributed by atoms with Crippen LogP contribution in [0.4, 0.5) is 0 Å². The van der Waals surface area contributed by atoms with E-state index in [4.69, 9.17) is 4.52 Å². The lowest BCUT2D eigenvalue weighted by Crippen LogP contribution is -2.29. The summed E-state index contributed by atoms with van der Waals surface area (Å²) in [6, 6.07) is 3.67. The van der Waals surface area contributed by atoms with E-state index in [9.17, 15) is 4.79 Å². The quantitative estimate of drug-likeness (QED) is 0.722. The van der Waals surface area contributed by atoms with Crippen LogP contribution in [0.1, 0.15) is 35.0 Å². The summed E-state index contributed by atoms with van der Waals surface area (Å²) in [7, 11) is 1.72. The minimum atomic E-state index is -0.0956. The number of fused-ring (bicyclic) bond motifs is 1. The van der Waals surface area contributed by atoms with Gasteiger partial charge in [0.25, 0.3) is 5.91 Å². The van der Waals surface area contributed by atoms with Crippen molar-refractivity contribution >= 4 is 5.91 Å². The predicted octanol–water partition coefficient (Wildman–Crippen LogP) is 1.94. The van der Waals surface area contributed by atoms with Gasteiger partial charge < -0.3 is 14.0 Å². The standard InChI is InChI=1S/C17H18N6O2/c1-22(17(24)13-10-19-14-6-2-3-8-23(13)14)11-15-20-16(21-25-15)12-5-4-7-18-9-12/h4-5,7,9-10H,2-3,6,8,11H2,1H3. The molecule has 0 bridgehead atoms. The maximum absolute atomic E-state index is 12.7. The van der Waals surface area contributed by atoms with E-state index in [1.807, 2.05) is 16.7 Å². The molecule has 4 heterocycles. The maximum atomic E-state index is 12.7. The fourth-order valence-corrected chi connectivity index (χ4v) is 2.99. The molecule has 128 valence electrons. The van der Waals surface area contributed by atoms with Gasteiger partial charge in [-0.1, -0.05) is 5.16 Å². The Labute approximate surface area is 144 Å². The molecule has 0 unspecified atom stereocenters. The molecule has 1 aliphatic rings. The summed E-state index contributed by atoms with van der Waals surface area (Å²) in [6.45, 7) is 1.09. The Bertz CT molecular complexity index is 886. The van der Waals surface area contributed by atoms with Crippen molar-refractivity contribution in [1.82, 2.24) is 29.6 Å². The molecule has 3 aromatic rings. The molecule has 0 spiro atoms. The van der Waals surface area contributed by atoms with E-state index >= 15 is 0 Å². The second kappa shape index (κ2) is 6.46. The van der Waals surface area contributed by atoms with Gasteiger partial charge in [-0.25, -0.2) is 4.98 Å². The molecule has 0 saturated heterocycles. The van der Waals surface area contributed by atoms with Gasteiger partial charge in [0.2, 0.25) is 11.7 Å². The molecule has 8 heteroatoms. The number of hydrogen-bond donors (Lipinski definition) is 0. The first-order valence-corrected chi connectivity index (χ1v) is 8.25. The summed E-state index contributed by atoms with van der Waals surface area (Å²) in [5.74, 6) is 1.74. The number of pyridine rings is 1. The highest BCUT2D eigenvalue weighted by atomic mass is 16.5. The Kier molecular flexibility index (Phi) is 4.01. The van der Waals surface area contributed by atoms with Crippen LogP contribution in [-0.2, 0) is 19.5 Å². The highest BCUT2D eigenvalue weighted by molar-refractivity contribution is 5.92. The van der Waals surface area contributed by atoms with Crippen molar-refractivity contribution < 1.29 is 9.32 Å². The molecule has 0 radical (unpaired) electrons. The van der Waals surface area contributed by atoms with Crippen molar-refractivity contribution in [3.8, 4) is 11.4 Å². The normalized spacial score (nSPS) is 13.5. The monoisotopic (exact) mass is 338 g/mol. The van der Waals surface area contributed by atoms with Gasteiger partial charge in [-0.15, -0.1) is 0 Å². The molecule has 8 nitrogen and oxygen atoms in total. The van der Waals surface area contributed by atoms with Gasteiger partial charge in [-0.2, -0.15) is 4.98 Å². The van der Waals surface area contributed by atoms with Gasteiger partial charge in [0, 0.05) is 38.0 Å². The molecule has 4 rings (SSSR count). The number of rotatable bonds is 4. The minimum Gasteiger partial charge on any atom is -0.337 e. The van der Waals surface area contributed by atoms with Crippen molar-refractivity contribution in [3.05, 3.63) is 48.1 Å². The van der Waals surface area contributed by atoms with Crippen molar-refractivity contribution in [3.63, 3.8) is 0 Å². The van der Waals surface area contributed by atoms with Gasteiger partial charge in [0.05, 0.1) is 6.20 Å². The molecule has 3 aromatic heterocycles. The first kappa shape index (κ1) is 15.5. The molecule has 0 fully saturated rings. The third kappa shape index (κ3) is 3.02. The Morgan fingerprint density at radius 3 is 3.12 bits per heavy atom. The fourth-order valence-electron chi connectivity index (χ4n) is 2.99. The second-order valence-corrected chi connectivity index (χ2v) is 6.08. The van der Waals surface area contributed by atoms with Crippen molar-refractivity contribution in [1.29, 1.82) is 0 Å². The number of carbonyl (C=O) groups is 1. The average molecular weight is 338 g/mol. The number of aromatic nitrogens is 5. The summed E-state index contributed by atoms with van der Waals surface area (Å²) in [4.78, 5) is 27.0. The Balaban J connectivity index is 1.49. The van der Waals surface area contributed by atoms with E-state index in [2.05, 4.69) is 20.1 Å². The average Bonchev–Trinajstić information content (AvgIpc) is 3.29. The molecule has 1 aliphatic heterocycles. The van der Waals surface area contributed by atoms with Gasteiger partial charge >= 0.3 is 0 Å². The number of imidazole rings is 1. The van der Waals surface area contributed by atoms with Crippen LogP contribution < -0.4 is 0 Å². The lowest BCUT2D eigenvalue weighted by atomic mass is 10.1. The van der Waals surface area contributed by atoms with Crippen molar-refractivity contribution in [2.45, 2.75) is 32.4 Å². The third-order valence-corrected chi connectivity index (χ3v) is 4.30. The SMILES string of the molecule is CN(Cc1nc(-c2cccnc2)no1)C(=O)c1cnc2n1CCCC2. The molecule has 0 aromatic carbocycles. The highest BCUT2D eigenvalue weighted by Crippen LogP contribution is 2.18. The number of hydrogen-bond acceptors (Lipinski definition) is 6. The molecule has 0 aliphatic carbocycles. The van der Waals surface area contributed by atoms with E-state index in [1.54, 1.807) is 30.5 Å². The molecular formula is C17H18N6O2. The molecule has 0 atom stereocenters. The molecule has 25 heavy (non-hydrogen) atoms. The number of aryl methyl sites for hydroxylation is 1. The summed E-state index contributed by atoms with van der Waals surface area (Å²) in [5.41, 5.74) is 1.39. The summed E-state index contributed by atoms with van der Waals surface area (Å²) < 4.78 is 7.28. The van der Waals surface area contributed by atoms with E-state index in [-0.39, 0.29) is 12.5 Å². The fraction of sp³-hybridized carbons (Fsp3) is 0.353. The Hall–Kier alpha value is -3.03. The summed E-state index contributed by atoms with van der Waals surface area (Å²) >= 11 is 0. The Morgan fingerprint density at radius 1 is 1.36 bits per heavy atom. The van der Waals surface area contributed by atoms with Crippen LogP contribution in [0.15, 0.2) is 35.2 Å². The van der Waals surface area contributed by atoms with Crippen LogP contribution >= 0.6 is 0 Å². The first-order chi connectivity index (χ1) is 12.2. The van der Waals surface area contributed by atoms with Gasteiger partial charge in [0.1, 0.15) is 18.1 Å². The van der Waals surface area contributed by atoms with E-state index in [0.717, 1.165) is 37.2 Å². The summed E-state index contributed by atoms with van der Waals surface area (Å²) in [6.07, 6.45) is 8.14. The first-order valence-electron chi connectivity index (χ1n) is 8.25. The van der Waals surface area contributed by atoms with E-state index in [0.29, 0.717) is 17.4 Å².